The summed E-state index contributed by atoms with van der Waals surface area (Å²) in [5.74, 6) is 0.107. The normalized spacial score (nSPS) is 18.2. The van der Waals surface area contributed by atoms with Crippen LogP contribution in [0.5, 0.6) is 11.5 Å². The van der Waals surface area contributed by atoms with Gasteiger partial charge in [-0.1, -0.05) is 0 Å². The van der Waals surface area contributed by atoms with Crippen molar-refractivity contribution in [1.82, 2.24) is 0 Å². The summed E-state index contributed by atoms with van der Waals surface area (Å²) in [6.07, 6.45) is 0.0671. The molecule has 140 valence electrons. The second kappa shape index (κ2) is 7.06. The van der Waals surface area contributed by atoms with E-state index in [1.807, 2.05) is 0 Å². The van der Waals surface area contributed by atoms with Gasteiger partial charge in [-0.2, -0.15) is 0 Å². The molecule has 8 nitrogen and oxygen atoms in total. The number of fused-ring (bicyclic) bond motifs is 1. The van der Waals surface area contributed by atoms with Crippen LogP contribution in [0.2, 0.25) is 0 Å². The minimum absolute atomic E-state index is 0.0343. The predicted octanol–water partition coefficient (Wildman–Crippen LogP) is 3.18. The number of benzene rings is 2. The van der Waals surface area contributed by atoms with Gasteiger partial charge in [0.25, 0.3) is 5.69 Å². The van der Waals surface area contributed by atoms with Gasteiger partial charge in [0.2, 0.25) is 0 Å². The first-order chi connectivity index (χ1) is 12.8. The Hall–Kier alpha value is -3.42. The molecule has 0 amide bonds. The van der Waals surface area contributed by atoms with Crippen LogP contribution < -0.4 is 9.47 Å². The van der Waals surface area contributed by atoms with Crippen LogP contribution in [0.15, 0.2) is 42.5 Å². The van der Waals surface area contributed by atoms with E-state index in [4.69, 9.17) is 9.47 Å². The number of hydrogen-bond donors (Lipinski definition) is 0. The van der Waals surface area contributed by atoms with Crippen LogP contribution in [-0.2, 0) is 4.74 Å². The highest BCUT2D eigenvalue weighted by Gasteiger charge is 2.37. The zero-order valence-electron chi connectivity index (χ0n) is 14.8. The van der Waals surface area contributed by atoms with E-state index in [2.05, 4.69) is 4.74 Å². The van der Waals surface area contributed by atoms with Crippen LogP contribution >= 0.6 is 0 Å². The Kier molecular flexibility index (Phi) is 4.81. The highest BCUT2D eigenvalue weighted by molar-refractivity contribution is 6.02. The van der Waals surface area contributed by atoms with Crippen LogP contribution in [-0.4, -0.2) is 36.0 Å². The molecule has 27 heavy (non-hydrogen) atoms. The van der Waals surface area contributed by atoms with Crippen LogP contribution in [0, 0.1) is 10.1 Å². The quantitative estimate of drug-likeness (QED) is 0.451. The largest absolute Gasteiger partial charge is 0.489 e. The number of ketones is 1. The first-order valence-corrected chi connectivity index (χ1v) is 8.13. The van der Waals surface area contributed by atoms with Crippen molar-refractivity contribution in [3.05, 3.63) is 63.7 Å². The van der Waals surface area contributed by atoms with E-state index in [-0.39, 0.29) is 30.1 Å². The van der Waals surface area contributed by atoms with Gasteiger partial charge in [0.1, 0.15) is 23.7 Å². The summed E-state index contributed by atoms with van der Waals surface area (Å²) >= 11 is 0. The van der Waals surface area contributed by atoms with E-state index in [1.165, 1.54) is 43.5 Å². The molecular formula is C19H17NO7. The van der Waals surface area contributed by atoms with E-state index in [0.717, 1.165) is 0 Å². The Labute approximate surface area is 154 Å². The van der Waals surface area contributed by atoms with Crippen molar-refractivity contribution >= 4 is 17.4 Å². The Morgan fingerprint density at radius 2 is 1.96 bits per heavy atom. The molecular weight excluding hydrogens is 354 g/mol. The van der Waals surface area contributed by atoms with Gasteiger partial charge < -0.3 is 14.2 Å². The second-order valence-electron chi connectivity index (χ2n) is 6.39. The Bertz CT molecular complexity index is 907. The summed E-state index contributed by atoms with van der Waals surface area (Å²) < 4.78 is 16.2. The Balaban J connectivity index is 1.73. The maximum absolute atomic E-state index is 12.5. The fourth-order valence-electron chi connectivity index (χ4n) is 2.80. The van der Waals surface area contributed by atoms with Gasteiger partial charge in [-0.3, -0.25) is 14.9 Å². The van der Waals surface area contributed by atoms with E-state index in [0.29, 0.717) is 17.1 Å². The summed E-state index contributed by atoms with van der Waals surface area (Å²) in [6, 6.07) is 10.2. The molecule has 0 saturated carbocycles. The molecule has 1 unspecified atom stereocenters. The number of nitrogens with zero attached hydrogens (tertiary/aromatic N) is 1. The monoisotopic (exact) mass is 371 g/mol. The van der Waals surface area contributed by atoms with Crippen molar-refractivity contribution < 1.29 is 28.7 Å². The molecule has 1 aliphatic rings. The van der Waals surface area contributed by atoms with E-state index < -0.39 is 16.5 Å². The van der Waals surface area contributed by atoms with Crippen LogP contribution in [0.4, 0.5) is 5.69 Å². The molecule has 0 bridgehead atoms. The fourth-order valence-corrected chi connectivity index (χ4v) is 2.80. The number of nitro benzene ring substituents is 1. The topological polar surface area (TPSA) is 105 Å². The average molecular weight is 371 g/mol. The number of carbonyl (C=O) groups excluding carboxylic acids is 2. The third-order valence-electron chi connectivity index (χ3n) is 4.18. The van der Waals surface area contributed by atoms with Crippen LogP contribution in [0.25, 0.3) is 0 Å². The number of methoxy groups -OCH3 is 1. The molecule has 1 aliphatic heterocycles. The minimum Gasteiger partial charge on any atom is -0.489 e. The number of esters is 1. The number of carbonyl (C=O) groups is 2. The molecule has 2 aromatic carbocycles. The summed E-state index contributed by atoms with van der Waals surface area (Å²) in [7, 11) is 1.27. The number of hydrogen-bond acceptors (Lipinski definition) is 7. The molecule has 8 heteroatoms. The number of rotatable bonds is 5. The predicted molar refractivity (Wildman–Crippen MR) is 94.4 cm³/mol. The van der Waals surface area contributed by atoms with E-state index in [1.54, 1.807) is 13.0 Å². The van der Waals surface area contributed by atoms with E-state index in [9.17, 15) is 19.7 Å². The van der Waals surface area contributed by atoms with Gasteiger partial charge in [0.05, 0.1) is 29.6 Å². The van der Waals surface area contributed by atoms with Gasteiger partial charge in [0, 0.05) is 12.1 Å². The van der Waals surface area contributed by atoms with Gasteiger partial charge in [-0.25, -0.2) is 4.79 Å². The van der Waals surface area contributed by atoms with Gasteiger partial charge in [0.15, 0.2) is 5.78 Å². The highest BCUT2D eigenvalue weighted by Crippen LogP contribution is 2.34. The minimum atomic E-state index is -0.904. The lowest BCUT2D eigenvalue weighted by atomic mass is 9.91. The summed E-state index contributed by atoms with van der Waals surface area (Å²) in [5, 5.41) is 10.7. The smallest absolute Gasteiger partial charge is 0.337 e. The second-order valence-corrected chi connectivity index (χ2v) is 6.39. The number of ether oxygens (including phenoxy) is 3. The molecule has 0 fully saturated rings. The summed E-state index contributed by atoms with van der Waals surface area (Å²) in [4.78, 5) is 34.3. The van der Waals surface area contributed by atoms with Crippen LogP contribution in [0.1, 0.15) is 34.1 Å². The van der Waals surface area contributed by atoms with Crippen molar-refractivity contribution in [3.8, 4) is 11.5 Å². The Morgan fingerprint density at radius 1 is 1.26 bits per heavy atom. The summed E-state index contributed by atoms with van der Waals surface area (Å²) in [6.45, 7) is 1.82. The summed E-state index contributed by atoms with van der Waals surface area (Å²) in [5.41, 5.74) is -0.337. The maximum atomic E-state index is 12.5. The first kappa shape index (κ1) is 18.4. The zero-order valence-corrected chi connectivity index (χ0v) is 14.8. The average Bonchev–Trinajstić information content (AvgIpc) is 2.66. The fraction of sp³-hybridized carbons (Fsp3) is 0.263. The standard InChI is InChI=1S/C19H17NO7/c1-19(11-26-14-6-4-13(5-7-14)20(23)24)10-16(21)15-9-12(18(22)25-2)3-8-17(15)27-19/h3-9H,10-11H2,1-2H3. The molecule has 1 heterocycles. The van der Waals surface area contributed by atoms with E-state index >= 15 is 0 Å². The van der Waals surface area contributed by atoms with Gasteiger partial charge >= 0.3 is 5.97 Å². The van der Waals surface area contributed by atoms with Gasteiger partial charge in [-0.15, -0.1) is 0 Å². The number of Topliss-reactive ketones (excluding diaryl/α,β-unsaturated/α-hetero) is 1. The molecule has 0 aliphatic carbocycles. The highest BCUT2D eigenvalue weighted by atomic mass is 16.6. The number of nitro groups is 1. The first-order valence-electron chi connectivity index (χ1n) is 8.13. The zero-order chi connectivity index (χ0) is 19.6. The third-order valence-corrected chi connectivity index (χ3v) is 4.18. The lowest BCUT2D eigenvalue weighted by Crippen LogP contribution is -2.44. The molecule has 2 aromatic rings. The van der Waals surface area contributed by atoms with Gasteiger partial charge in [-0.05, 0) is 37.3 Å². The molecule has 0 saturated heterocycles. The SMILES string of the molecule is COC(=O)c1ccc2c(c1)C(=O)CC(C)(COc1ccc([N+](=O)[O-])cc1)O2. The lowest BCUT2D eigenvalue weighted by Gasteiger charge is -2.34. The molecule has 0 spiro atoms. The number of non-ortho nitro benzene ring substituents is 1. The third kappa shape index (κ3) is 3.89. The lowest BCUT2D eigenvalue weighted by molar-refractivity contribution is -0.384. The van der Waals surface area contributed by atoms with Crippen molar-refractivity contribution in [3.63, 3.8) is 0 Å². The van der Waals surface area contributed by atoms with Crippen molar-refractivity contribution in [2.75, 3.05) is 13.7 Å². The van der Waals surface area contributed by atoms with Crippen molar-refractivity contribution in [2.45, 2.75) is 18.9 Å². The van der Waals surface area contributed by atoms with Crippen molar-refractivity contribution in [1.29, 1.82) is 0 Å². The maximum Gasteiger partial charge on any atom is 0.337 e. The van der Waals surface area contributed by atoms with Crippen molar-refractivity contribution in [2.24, 2.45) is 0 Å². The molecule has 0 aromatic heterocycles. The molecule has 1 atom stereocenters. The molecule has 0 N–H and O–H groups in total. The molecule has 3 rings (SSSR count). The molecule has 0 radical (unpaired) electrons. The van der Waals surface area contributed by atoms with Crippen LogP contribution in [0.3, 0.4) is 0 Å². The Morgan fingerprint density at radius 3 is 2.59 bits per heavy atom.